The van der Waals surface area contributed by atoms with Crippen LogP contribution in [0.15, 0.2) is 18.3 Å². The first-order valence-electron chi connectivity index (χ1n) is 8.55. The van der Waals surface area contributed by atoms with Crippen LogP contribution in [0.4, 0.5) is 0 Å². The first-order chi connectivity index (χ1) is 10.9. The van der Waals surface area contributed by atoms with Crippen molar-refractivity contribution < 1.29 is 4.74 Å². The summed E-state index contributed by atoms with van der Waals surface area (Å²) in [6.45, 7) is 2.91. The third kappa shape index (κ3) is 2.88. The molecule has 2 aliphatic heterocycles. The largest absolute Gasteiger partial charge is 0.376 e. The van der Waals surface area contributed by atoms with Crippen molar-refractivity contribution >= 4 is 11.2 Å². The quantitative estimate of drug-likeness (QED) is 0.941. The van der Waals surface area contributed by atoms with Crippen molar-refractivity contribution in [1.29, 1.82) is 0 Å². The predicted molar refractivity (Wildman–Crippen MR) is 85.8 cm³/mol. The van der Waals surface area contributed by atoms with Gasteiger partial charge in [-0.25, -0.2) is 9.97 Å². The molecule has 0 aliphatic carbocycles. The molecule has 0 spiro atoms. The average molecular weight is 300 g/mol. The predicted octanol–water partition coefficient (Wildman–Crippen LogP) is 2.29. The molecule has 2 aliphatic rings. The number of imidazole rings is 1. The van der Waals surface area contributed by atoms with Crippen molar-refractivity contribution in [3.63, 3.8) is 0 Å². The van der Waals surface area contributed by atoms with E-state index in [1.165, 1.54) is 25.7 Å². The third-order valence-corrected chi connectivity index (χ3v) is 4.83. The van der Waals surface area contributed by atoms with E-state index < -0.39 is 0 Å². The van der Waals surface area contributed by atoms with E-state index in [0.717, 1.165) is 49.5 Å². The number of rotatable bonds is 4. The Morgan fingerprint density at radius 2 is 2.27 bits per heavy atom. The lowest BCUT2D eigenvalue weighted by molar-refractivity contribution is 0.00606. The van der Waals surface area contributed by atoms with Gasteiger partial charge >= 0.3 is 0 Å². The van der Waals surface area contributed by atoms with Crippen molar-refractivity contribution in [3.05, 3.63) is 24.2 Å². The van der Waals surface area contributed by atoms with E-state index >= 15 is 0 Å². The second kappa shape index (κ2) is 6.34. The average Bonchev–Trinajstić information content (AvgIpc) is 3.18. The van der Waals surface area contributed by atoms with Crippen molar-refractivity contribution in [3.8, 4) is 0 Å². The summed E-state index contributed by atoms with van der Waals surface area (Å²) in [5.74, 6) is 1.15. The molecule has 2 aromatic heterocycles. The Balaban J connectivity index is 1.63. The minimum absolute atomic E-state index is 0.309. The Bertz CT molecular complexity index is 627. The molecular formula is C17H24N4O. The van der Waals surface area contributed by atoms with E-state index in [1.54, 1.807) is 0 Å². The molecule has 2 unspecified atom stereocenters. The van der Waals surface area contributed by atoms with Crippen LogP contribution in [-0.4, -0.2) is 39.8 Å². The first kappa shape index (κ1) is 14.2. The van der Waals surface area contributed by atoms with Crippen LogP contribution in [0.3, 0.4) is 0 Å². The summed E-state index contributed by atoms with van der Waals surface area (Å²) in [5, 5.41) is 3.58. The number of nitrogens with one attached hydrogen (secondary N) is 1. The fourth-order valence-corrected chi connectivity index (χ4v) is 3.66. The van der Waals surface area contributed by atoms with Gasteiger partial charge in [0, 0.05) is 25.3 Å². The van der Waals surface area contributed by atoms with E-state index in [4.69, 9.17) is 9.72 Å². The van der Waals surface area contributed by atoms with Crippen LogP contribution in [-0.2, 0) is 17.7 Å². The normalized spacial score (nSPS) is 25.8. The lowest BCUT2D eigenvalue weighted by Gasteiger charge is -2.24. The van der Waals surface area contributed by atoms with Crippen molar-refractivity contribution in [1.82, 2.24) is 19.9 Å². The molecule has 0 aromatic carbocycles. The summed E-state index contributed by atoms with van der Waals surface area (Å²) >= 11 is 0. The second-order valence-corrected chi connectivity index (χ2v) is 6.47. The van der Waals surface area contributed by atoms with E-state index in [2.05, 4.69) is 20.9 Å². The van der Waals surface area contributed by atoms with Gasteiger partial charge in [0.15, 0.2) is 5.65 Å². The van der Waals surface area contributed by atoms with E-state index in [0.29, 0.717) is 12.1 Å². The summed E-state index contributed by atoms with van der Waals surface area (Å²) < 4.78 is 8.23. The zero-order valence-corrected chi connectivity index (χ0v) is 13.0. The molecule has 5 heteroatoms. The van der Waals surface area contributed by atoms with Crippen LogP contribution in [0.1, 0.15) is 37.9 Å². The minimum atomic E-state index is 0.309. The van der Waals surface area contributed by atoms with Gasteiger partial charge in [-0.05, 0) is 50.8 Å². The van der Waals surface area contributed by atoms with Crippen LogP contribution in [0.5, 0.6) is 0 Å². The smallest absolute Gasteiger partial charge is 0.160 e. The van der Waals surface area contributed by atoms with E-state index in [-0.39, 0.29) is 0 Å². The first-order valence-corrected chi connectivity index (χ1v) is 8.55. The SMILES string of the molecule is c1cnc2c(c1)nc(CC1CCCN1)n2CC1CCCCO1. The number of ether oxygens (including phenoxy) is 1. The lowest BCUT2D eigenvalue weighted by atomic mass is 10.1. The Kier molecular flexibility index (Phi) is 4.08. The van der Waals surface area contributed by atoms with Crippen molar-refractivity contribution in [2.75, 3.05) is 13.2 Å². The van der Waals surface area contributed by atoms with E-state index in [9.17, 15) is 0 Å². The number of nitrogens with zero attached hydrogens (tertiary/aromatic N) is 3. The number of hydrogen-bond acceptors (Lipinski definition) is 4. The highest BCUT2D eigenvalue weighted by Crippen LogP contribution is 2.21. The second-order valence-electron chi connectivity index (χ2n) is 6.47. The summed E-state index contributed by atoms with van der Waals surface area (Å²) in [6.07, 6.45) is 9.29. The molecule has 22 heavy (non-hydrogen) atoms. The van der Waals surface area contributed by atoms with Gasteiger partial charge in [0.1, 0.15) is 11.3 Å². The summed E-state index contributed by atoms with van der Waals surface area (Å²) in [6, 6.07) is 4.59. The fraction of sp³-hybridized carbons (Fsp3) is 0.647. The highest BCUT2D eigenvalue weighted by atomic mass is 16.5. The molecule has 0 amide bonds. The molecular weight excluding hydrogens is 276 g/mol. The van der Waals surface area contributed by atoms with Gasteiger partial charge in [0.05, 0.1) is 12.6 Å². The summed E-state index contributed by atoms with van der Waals surface area (Å²) in [7, 11) is 0. The van der Waals surface area contributed by atoms with Gasteiger partial charge in [0.2, 0.25) is 0 Å². The molecule has 2 fully saturated rings. The molecule has 0 saturated carbocycles. The molecule has 1 N–H and O–H groups in total. The molecule has 0 bridgehead atoms. The third-order valence-electron chi connectivity index (χ3n) is 4.83. The molecule has 2 saturated heterocycles. The van der Waals surface area contributed by atoms with Gasteiger partial charge in [-0.3, -0.25) is 0 Å². The van der Waals surface area contributed by atoms with Gasteiger partial charge < -0.3 is 14.6 Å². The standard InChI is InChI=1S/C17H24N4O/c1-2-10-22-14(6-1)12-21-16(11-13-5-3-8-18-13)20-15-7-4-9-19-17(15)21/h4,7,9,13-14,18H,1-3,5-6,8,10-12H2. The van der Waals surface area contributed by atoms with Crippen LogP contribution < -0.4 is 5.32 Å². The Labute approximate surface area is 131 Å². The monoisotopic (exact) mass is 300 g/mol. The maximum atomic E-state index is 5.93. The lowest BCUT2D eigenvalue weighted by Crippen LogP contribution is -2.28. The molecule has 2 aromatic rings. The fourth-order valence-electron chi connectivity index (χ4n) is 3.66. The maximum Gasteiger partial charge on any atom is 0.160 e. The zero-order valence-electron chi connectivity index (χ0n) is 13.0. The highest BCUT2D eigenvalue weighted by molar-refractivity contribution is 5.71. The molecule has 5 nitrogen and oxygen atoms in total. The Hall–Kier alpha value is -1.46. The van der Waals surface area contributed by atoms with Gasteiger partial charge in [-0.15, -0.1) is 0 Å². The molecule has 4 heterocycles. The van der Waals surface area contributed by atoms with Crippen LogP contribution >= 0.6 is 0 Å². The van der Waals surface area contributed by atoms with Crippen molar-refractivity contribution in [2.45, 2.75) is 57.2 Å². The summed E-state index contributed by atoms with van der Waals surface area (Å²) in [5.41, 5.74) is 2.01. The van der Waals surface area contributed by atoms with Crippen LogP contribution in [0.25, 0.3) is 11.2 Å². The Morgan fingerprint density at radius 3 is 3.09 bits per heavy atom. The highest BCUT2D eigenvalue weighted by Gasteiger charge is 2.22. The number of hydrogen-bond donors (Lipinski definition) is 1. The molecule has 4 rings (SSSR count). The zero-order chi connectivity index (χ0) is 14.8. The van der Waals surface area contributed by atoms with Gasteiger partial charge in [-0.2, -0.15) is 0 Å². The van der Waals surface area contributed by atoms with E-state index in [1.807, 2.05) is 12.3 Å². The minimum Gasteiger partial charge on any atom is -0.376 e. The topological polar surface area (TPSA) is 52.0 Å². The van der Waals surface area contributed by atoms with Crippen LogP contribution in [0, 0.1) is 0 Å². The van der Waals surface area contributed by atoms with Crippen molar-refractivity contribution in [2.24, 2.45) is 0 Å². The number of aromatic nitrogens is 3. The molecule has 0 radical (unpaired) electrons. The van der Waals surface area contributed by atoms with Gasteiger partial charge in [-0.1, -0.05) is 0 Å². The molecule has 118 valence electrons. The maximum absolute atomic E-state index is 5.93. The van der Waals surface area contributed by atoms with Gasteiger partial charge in [0.25, 0.3) is 0 Å². The summed E-state index contributed by atoms with van der Waals surface area (Å²) in [4.78, 5) is 9.41. The molecule has 2 atom stereocenters. The van der Waals surface area contributed by atoms with Crippen LogP contribution in [0.2, 0.25) is 0 Å². The number of pyridine rings is 1. The Morgan fingerprint density at radius 1 is 1.27 bits per heavy atom. The number of fused-ring (bicyclic) bond motifs is 1.